The maximum Gasteiger partial charge on any atom is 0.326 e. The van der Waals surface area contributed by atoms with E-state index in [9.17, 15) is 9.18 Å². The van der Waals surface area contributed by atoms with Gasteiger partial charge in [-0.1, -0.05) is 25.5 Å². The Labute approximate surface area is 87.9 Å². The first-order valence-corrected chi connectivity index (χ1v) is 4.89. The number of halogens is 1. The average Bonchev–Trinajstić information content (AvgIpc) is 2.20. The highest BCUT2D eigenvalue weighted by atomic mass is 19.1. The molecule has 0 saturated carbocycles. The lowest BCUT2D eigenvalue weighted by Gasteiger charge is -2.15. The summed E-state index contributed by atoms with van der Waals surface area (Å²) in [6, 6.07) is 5.33. The van der Waals surface area contributed by atoms with Crippen LogP contribution in [-0.4, -0.2) is 17.1 Å². The quantitative estimate of drug-likeness (QED) is 0.786. The molecule has 0 radical (unpaired) electrons. The molecule has 0 aromatic heterocycles. The first kappa shape index (κ1) is 11.5. The van der Waals surface area contributed by atoms with E-state index in [0.29, 0.717) is 6.42 Å². The monoisotopic (exact) mass is 211 g/mol. The first-order chi connectivity index (χ1) is 7.15. The maximum atomic E-state index is 13.2. The van der Waals surface area contributed by atoms with Crippen LogP contribution in [0, 0.1) is 5.82 Å². The van der Waals surface area contributed by atoms with Crippen molar-refractivity contribution in [1.29, 1.82) is 0 Å². The normalized spacial score (nSPS) is 12.1. The van der Waals surface area contributed by atoms with Crippen molar-refractivity contribution in [2.75, 3.05) is 5.32 Å². The van der Waals surface area contributed by atoms with E-state index in [4.69, 9.17) is 5.11 Å². The van der Waals surface area contributed by atoms with Crippen molar-refractivity contribution in [2.45, 2.75) is 25.8 Å². The molecule has 1 aromatic carbocycles. The van der Waals surface area contributed by atoms with Crippen molar-refractivity contribution in [3.05, 3.63) is 30.1 Å². The zero-order valence-electron chi connectivity index (χ0n) is 8.53. The predicted molar refractivity (Wildman–Crippen MR) is 56.4 cm³/mol. The standard InChI is InChI=1S/C11H14FNO2/c1-2-5-10(11(14)15)13-9-7-4-3-6-8(9)12/h3-4,6-7,10,13H,2,5H2,1H3,(H,14,15)/t10-/m1/s1. The smallest absolute Gasteiger partial charge is 0.326 e. The first-order valence-electron chi connectivity index (χ1n) is 4.89. The number of para-hydroxylation sites is 1. The van der Waals surface area contributed by atoms with Gasteiger partial charge in [0.15, 0.2) is 0 Å². The fourth-order valence-electron chi connectivity index (χ4n) is 1.31. The topological polar surface area (TPSA) is 49.3 Å². The van der Waals surface area contributed by atoms with E-state index in [1.54, 1.807) is 12.1 Å². The second kappa shape index (κ2) is 5.34. The summed E-state index contributed by atoms with van der Waals surface area (Å²) in [5.74, 6) is -1.39. The Kier molecular flexibility index (Phi) is 4.09. The molecular weight excluding hydrogens is 197 g/mol. The number of aliphatic carboxylic acids is 1. The third kappa shape index (κ3) is 3.23. The number of carbonyl (C=O) groups is 1. The van der Waals surface area contributed by atoms with Gasteiger partial charge in [0.1, 0.15) is 11.9 Å². The van der Waals surface area contributed by atoms with E-state index in [-0.39, 0.29) is 5.69 Å². The second-order valence-electron chi connectivity index (χ2n) is 3.30. The van der Waals surface area contributed by atoms with E-state index in [1.165, 1.54) is 12.1 Å². The van der Waals surface area contributed by atoms with Crippen LogP contribution in [0.25, 0.3) is 0 Å². The van der Waals surface area contributed by atoms with Crippen LogP contribution in [0.1, 0.15) is 19.8 Å². The van der Waals surface area contributed by atoms with Crippen molar-refractivity contribution >= 4 is 11.7 Å². The average molecular weight is 211 g/mol. The van der Waals surface area contributed by atoms with Crippen LogP contribution in [-0.2, 0) is 4.79 Å². The number of benzene rings is 1. The van der Waals surface area contributed by atoms with Gasteiger partial charge in [0.05, 0.1) is 5.69 Å². The van der Waals surface area contributed by atoms with Gasteiger partial charge >= 0.3 is 5.97 Å². The number of carboxylic acid groups (broad SMARTS) is 1. The Morgan fingerprint density at radius 1 is 1.53 bits per heavy atom. The summed E-state index contributed by atoms with van der Waals surface area (Å²) < 4.78 is 13.2. The van der Waals surface area contributed by atoms with Crippen molar-refractivity contribution in [3.63, 3.8) is 0 Å². The number of rotatable bonds is 5. The highest BCUT2D eigenvalue weighted by molar-refractivity contribution is 5.77. The summed E-state index contributed by atoms with van der Waals surface area (Å²) in [5, 5.41) is 11.5. The van der Waals surface area contributed by atoms with Crippen molar-refractivity contribution < 1.29 is 14.3 Å². The summed E-state index contributed by atoms with van der Waals surface area (Å²) in [7, 11) is 0. The molecule has 0 saturated heterocycles. The number of hydrogen-bond acceptors (Lipinski definition) is 2. The Balaban J connectivity index is 2.74. The van der Waals surface area contributed by atoms with E-state index >= 15 is 0 Å². The van der Waals surface area contributed by atoms with Gasteiger partial charge in [-0.25, -0.2) is 9.18 Å². The Morgan fingerprint density at radius 3 is 2.73 bits per heavy atom. The summed E-state index contributed by atoms with van der Waals surface area (Å²) in [6.07, 6.45) is 1.21. The van der Waals surface area contributed by atoms with Gasteiger partial charge in [0, 0.05) is 0 Å². The molecule has 0 unspecified atom stereocenters. The lowest BCUT2D eigenvalue weighted by atomic mass is 10.1. The van der Waals surface area contributed by atoms with Gasteiger partial charge < -0.3 is 10.4 Å². The number of nitrogens with one attached hydrogen (secondary N) is 1. The Morgan fingerprint density at radius 2 is 2.20 bits per heavy atom. The summed E-state index contributed by atoms with van der Waals surface area (Å²) in [4.78, 5) is 10.8. The summed E-state index contributed by atoms with van der Waals surface area (Å²) >= 11 is 0. The minimum absolute atomic E-state index is 0.235. The third-order valence-corrected chi connectivity index (χ3v) is 2.08. The minimum Gasteiger partial charge on any atom is -0.480 e. The van der Waals surface area contributed by atoms with Crippen LogP contribution < -0.4 is 5.32 Å². The Bertz CT molecular complexity index is 341. The molecule has 0 bridgehead atoms. The fourth-order valence-corrected chi connectivity index (χ4v) is 1.31. The van der Waals surface area contributed by atoms with Gasteiger partial charge in [-0.15, -0.1) is 0 Å². The summed E-state index contributed by atoms with van der Waals surface area (Å²) in [5.41, 5.74) is 0.235. The van der Waals surface area contributed by atoms with Crippen LogP contribution in [0.2, 0.25) is 0 Å². The lowest BCUT2D eigenvalue weighted by molar-refractivity contribution is -0.138. The highest BCUT2D eigenvalue weighted by Gasteiger charge is 2.16. The lowest BCUT2D eigenvalue weighted by Crippen LogP contribution is -2.29. The fraction of sp³-hybridized carbons (Fsp3) is 0.364. The zero-order chi connectivity index (χ0) is 11.3. The molecule has 0 aliphatic rings. The van der Waals surface area contributed by atoms with Gasteiger partial charge in [-0.3, -0.25) is 0 Å². The zero-order valence-corrected chi connectivity index (χ0v) is 8.53. The molecular formula is C11H14FNO2. The SMILES string of the molecule is CCC[C@@H](Nc1ccccc1F)C(=O)O. The number of carboxylic acids is 1. The molecule has 4 heteroatoms. The molecule has 0 aliphatic heterocycles. The van der Waals surface area contributed by atoms with Crippen LogP contribution in [0.3, 0.4) is 0 Å². The van der Waals surface area contributed by atoms with Gasteiger partial charge in [-0.2, -0.15) is 0 Å². The highest BCUT2D eigenvalue weighted by Crippen LogP contribution is 2.15. The van der Waals surface area contributed by atoms with E-state index in [2.05, 4.69) is 5.32 Å². The molecule has 3 nitrogen and oxygen atoms in total. The van der Waals surface area contributed by atoms with E-state index in [1.807, 2.05) is 6.92 Å². The molecule has 15 heavy (non-hydrogen) atoms. The Hall–Kier alpha value is -1.58. The van der Waals surface area contributed by atoms with Crippen molar-refractivity contribution in [1.82, 2.24) is 0 Å². The minimum atomic E-state index is -0.958. The van der Waals surface area contributed by atoms with Crippen LogP contribution in [0.5, 0.6) is 0 Å². The van der Waals surface area contributed by atoms with Gasteiger partial charge in [0.25, 0.3) is 0 Å². The third-order valence-electron chi connectivity index (χ3n) is 2.08. The largest absolute Gasteiger partial charge is 0.480 e. The van der Waals surface area contributed by atoms with Crippen molar-refractivity contribution in [3.8, 4) is 0 Å². The predicted octanol–water partition coefficient (Wildman–Crippen LogP) is 2.49. The molecule has 0 aliphatic carbocycles. The maximum absolute atomic E-state index is 13.2. The van der Waals surface area contributed by atoms with Gasteiger partial charge in [-0.05, 0) is 18.6 Å². The number of anilines is 1. The van der Waals surface area contributed by atoms with E-state index in [0.717, 1.165) is 6.42 Å². The van der Waals surface area contributed by atoms with Gasteiger partial charge in [0.2, 0.25) is 0 Å². The number of hydrogen-bond donors (Lipinski definition) is 2. The van der Waals surface area contributed by atoms with Crippen molar-refractivity contribution in [2.24, 2.45) is 0 Å². The van der Waals surface area contributed by atoms with Crippen LogP contribution >= 0.6 is 0 Å². The molecule has 82 valence electrons. The second-order valence-corrected chi connectivity index (χ2v) is 3.30. The molecule has 1 atom stereocenters. The molecule has 0 fully saturated rings. The molecule has 0 amide bonds. The molecule has 2 N–H and O–H groups in total. The van der Waals surface area contributed by atoms with E-state index < -0.39 is 17.8 Å². The summed E-state index contributed by atoms with van der Waals surface area (Å²) in [6.45, 7) is 1.89. The van der Waals surface area contributed by atoms with Crippen LogP contribution in [0.15, 0.2) is 24.3 Å². The molecule has 0 spiro atoms. The van der Waals surface area contributed by atoms with Crippen LogP contribution in [0.4, 0.5) is 10.1 Å². The molecule has 1 rings (SSSR count). The molecule has 1 aromatic rings. The molecule has 0 heterocycles.